The van der Waals surface area contributed by atoms with Gasteiger partial charge in [-0.05, 0) is 31.9 Å². The van der Waals surface area contributed by atoms with Crippen molar-refractivity contribution in [3.63, 3.8) is 0 Å². The van der Waals surface area contributed by atoms with Gasteiger partial charge in [0.25, 0.3) is 5.91 Å². The Balaban J connectivity index is 1.64. The Bertz CT molecular complexity index is 804. The fourth-order valence-electron chi connectivity index (χ4n) is 4.01. The summed E-state index contributed by atoms with van der Waals surface area (Å²) in [5.41, 5.74) is 5.23. The van der Waals surface area contributed by atoms with Gasteiger partial charge in [-0.25, -0.2) is 0 Å². The summed E-state index contributed by atoms with van der Waals surface area (Å²) in [4.78, 5) is 14.2. The van der Waals surface area contributed by atoms with Crippen LogP contribution in [0.5, 0.6) is 0 Å². The zero-order valence-electron chi connectivity index (χ0n) is 15.0. The number of amides is 1. The van der Waals surface area contributed by atoms with Crippen molar-refractivity contribution in [2.75, 3.05) is 0 Å². The maximum Gasteiger partial charge on any atom is 0.272 e. The molecule has 132 valence electrons. The van der Waals surface area contributed by atoms with Gasteiger partial charge in [0, 0.05) is 34.9 Å². The van der Waals surface area contributed by atoms with Gasteiger partial charge in [0.2, 0.25) is 0 Å². The molecule has 0 spiro atoms. The number of benzene rings is 1. The standard InChI is InChI=1S/C20H25N3OS/c1-13-9-10-17-15(11-13)19-16(12-25-17)18(22-23(19)2)20(24)21-14-7-5-3-4-6-8-14/h9-11,14H,3-8,12H2,1-2H3,(H,21,24). The van der Waals surface area contributed by atoms with E-state index >= 15 is 0 Å². The van der Waals surface area contributed by atoms with Crippen LogP contribution in [0.4, 0.5) is 0 Å². The second-order valence-electron chi connectivity index (χ2n) is 7.25. The van der Waals surface area contributed by atoms with E-state index in [2.05, 4.69) is 35.5 Å². The van der Waals surface area contributed by atoms with Crippen molar-refractivity contribution in [1.82, 2.24) is 15.1 Å². The normalized spacial score (nSPS) is 17.5. The minimum Gasteiger partial charge on any atom is -0.348 e. The molecule has 2 heterocycles. The van der Waals surface area contributed by atoms with Crippen LogP contribution >= 0.6 is 11.8 Å². The Morgan fingerprint density at radius 2 is 2.00 bits per heavy atom. The number of aryl methyl sites for hydroxylation is 2. The van der Waals surface area contributed by atoms with Gasteiger partial charge in [-0.15, -0.1) is 11.8 Å². The molecule has 1 amide bonds. The Kier molecular flexibility index (Phi) is 4.59. The third-order valence-electron chi connectivity index (χ3n) is 5.31. The summed E-state index contributed by atoms with van der Waals surface area (Å²) in [6, 6.07) is 6.83. The molecular weight excluding hydrogens is 330 g/mol. The minimum absolute atomic E-state index is 0.000420. The van der Waals surface area contributed by atoms with Gasteiger partial charge in [-0.2, -0.15) is 5.10 Å². The molecule has 1 fully saturated rings. The Hall–Kier alpha value is -1.75. The fraction of sp³-hybridized carbons (Fsp3) is 0.500. The lowest BCUT2D eigenvalue weighted by Gasteiger charge is -2.19. The fourth-order valence-corrected chi connectivity index (χ4v) is 5.05. The maximum absolute atomic E-state index is 12.9. The smallest absolute Gasteiger partial charge is 0.272 e. The van der Waals surface area contributed by atoms with Crippen molar-refractivity contribution >= 4 is 17.7 Å². The van der Waals surface area contributed by atoms with E-state index in [4.69, 9.17) is 0 Å². The monoisotopic (exact) mass is 355 g/mol. The summed E-state index contributed by atoms with van der Waals surface area (Å²) in [5, 5.41) is 7.85. The van der Waals surface area contributed by atoms with Gasteiger partial charge in [-0.3, -0.25) is 9.48 Å². The predicted molar refractivity (Wildman–Crippen MR) is 102 cm³/mol. The summed E-state index contributed by atoms with van der Waals surface area (Å²) in [5.74, 6) is 0.813. The lowest BCUT2D eigenvalue weighted by Crippen LogP contribution is -2.35. The molecule has 0 bridgehead atoms. The largest absolute Gasteiger partial charge is 0.348 e. The van der Waals surface area contributed by atoms with Gasteiger partial charge in [0.05, 0.1) is 5.69 Å². The highest BCUT2D eigenvalue weighted by Crippen LogP contribution is 2.42. The average Bonchev–Trinajstić information content (AvgIpc) is 2.77. The van der Waals surface area contributed by atoms with Crippen molar-refractivity contribution in [2.45, 2.75) is 62.1 Å². The van der Waals surface area contributed by atoms with E-state index in [9.17, 15) is 4.79 Å². The SMILES string of the molecule is Cc1ccc2c(c1)-c1c(c(C(=O)NC3CCCCCC3)nn1C)CS2. The molecule has 0 saturated heterocycles. The molecule has 2 aromatic rings. The van der Waals surface area contributed by atoms with Crippen molar-refractivity contribution < 1.29 is 4.79 Å². The van der Waals surface area contributed by atoms with Gasteiger partial charge >= 0.3 is 0 Å². The highest BCUT2D eigenvalue weighted by atomic mass is 32.2. The van der Waals surface area contributed by atoms with Crippen LogP contribution in [-0.2, 0) is 12.8 Å². The van der Waals surface area contributed by atoms with Crippen molar-refractivity contribution in [2.24, 2.45) is 7.05 Å². The van der Waals surface area contributed by atoms with Crippen LogP contribution in [-0.4, -0.2) is 21.7 Å². The number of carbonyl (C=O) groups is 1. The van der Waals surface area contributed by atoms with E-state index in [-0.39, 0.29) is 5.91 Å². The van der Waals surface area contributed by atoms with Crippen LogP contribution < -0.4 is 5.32 Å². The van der Waals surface area contributed by atoms with Gasteiger partial charge < -0.3 is 5.32 Å². The molecule has 25 heavy (non-hydrogen) atoms. The summed E-state index contributed by atoms with van der Waals surface area (Å²) < 4.78 is 1.88. The molecular formula is C20H25N3OS. The van der Waals surface area contributed by atoms with E-state index in [0.717, 1.165) is 29.9 Å². The minimum atomic E-state index is 0.000420. The number of hydrogen-bond donors (Lipinski definition) is 1. The second kappa shape index (κ2) is 6.87. The van der Waals surface area contributed by atoms with Crippen molar-refractivity contribution in [1.29, 1.82) is 0 Å². The number of carbonyl (C=O) groups excluding carboxylic acids is 1. The molecule has 1 N–H and O–H groups in total. The van der Waals surface area contributed by atoms with E-state index < -0.39 is 0 Å². The lowest BCUT2D eigenvalue weighted by atomic mass is 10.0. The molecule has 0 unspecified atom stereocenters. The Morgan fingerprint density at radius 3 is 2.76 bits per heavy atom. The number of aromatic nitrogens is 2. The first-order valence-electron chi connectivity index (χ1n) is 9.24. The first-order valence-corrected chi connectivity index (χ1v) is 10.2. The van der Waals surface area contributed by atoms with E-state index in [1.165, 1.54) is 41.7 Å². The molecule has 4 nitrogen and oxygen atoms in total. The first-order chi connectivity index (χ1) is 12.1. The summed E-state index contributed by atoms with van der Waals surface area (Å²) in [6.07, 6.45) is 7.20. The third-order valence-corrected chi connectivity index (χ3v) is 6.41. The zero-order valence-corrected chi connectivity index (χ0v) is 15.8. The molecule has 5 heteroatoms. The van der Waals surface area contributed by atoms with Crippen LogP contribution in [0.2, 0.25) is 0 Å². The number of thioether (sulfide) groups is 1. The summed E-state index contributed by atoms with van der Waals surface area (Å²) in [7, 11) is 1.95. The molecule has 4 rings (SSSR count). The quantitative estimate of drug-likeness (QED) is 0.810. The molecule has 1 saturated carbocycles. The van der Waals surface area contributed by atoms with Crippen molar-refractivity contribution in [3.8, 4) is 11.3 Å². The number of nitrogens with one attached hydrogen (secondary N) is 1. The van der Waals surface area contributed by atoms with Gasteiger partial charge in [0.15, 0.2) is 5.69 Å². The highest BCUT2D eigenvalue weighted by Gasteiger charge is 2.28. The van der Waals surface area contributed by atoms with Crippen LogP contribution in [0.25, 0.3) is 11.3 Å². The van der Waals surface area contributed by atoms with Crippen LogP contribution in [0, 0.1) is 6.92 Å². The van der Waals surface area contributed by atoms with E-state index in [1.807, 2.05) is 11.7 Å². The second-order valence-corrected chi connectivity index (χ2v) is 8.27. The van der Waals surface area contributed by atoms with Crippen LogP contribution in [0.1, 0.15) is 60.1 Å². The Labute approximate surface area is 153 Å². The van der Waals surface area contributed by atoms with Gasteiger partial charge in [0.1, 0.15) is 0 Å². The number of nitrogens with zero attached hydrogens (tertiary/aromatic N) is 2. The zero-order chi connectivity index (χ0) is 17.4. The lowest BCUT2D eigenvalue weighted by molar-refractivity contribution is 0.0927. The molecule has 2 aliphatic rings. The van der Waals surface area contributed by atoms with E-state index in [1.54, 1.807) is 11.8 Å². The highest BCUT2D eigenvalue weighted by molar-refractivity contribution is 7.98. The third kappa shape index (κ3) is 3.22. The Morgan fingerprint density at radius 1 is 1.24 bits per heavy atom. The molecule has 1 aromatic carbocycles. The van der Waals surface area contributed by atoms with E-state index in [0.29, 0.717) is 11.7 Å². The molecule has 1 aromatic heterocycles. The number of fused-ring (bicyclic) bond motifs is 3. The topological polar surface area (TPSA) is 46.9 Å². The summed E-state index contributed by atoms with van der Waals surface area (Å²) in [6.45, 7) is 2.11. The molecule has 0 atom stereocenters. The number of hydrogen-bond acceptors (Lipinski definition) is 3. The van der Waals surface area contributed by atoms with Crippen LogP contribution in [0.15, 0.2) is 23.1 Å². The molecule has 1 aliphatic heterocycles. The van der Waals surface area contributed by atoms with Gasteiger partial charge in [-0.1, -0.05) is 37.3 Å². The summed E-state index contributed by atoms with van der Waals surface area (Å²) >= 11 is 1.80. The molecule has 1 aliphatic carbocycles. The van der Waals surface area contributed by atoms with Crippen molar-refractivity contribution in [3.05, 3.63) is 35.0 Å². The molecule has 0 radical (unpaired) electrons. The maximum atomic E-state index is 12.9. The first kappa shape index (κ1) is 16.7. The number of rotatable bonds is 2. The van der Waals surface area contributed by atoms with Crippen LogP contribution in [0.3, 0.4) is 0 Å². The predicted octanol–water partition coefficient (Wildman–Crippen LogP) is 4.45. The average molecular weight is 356 g/mol.